The van der Waals surface area contributed by atoms with Crippen molar-refractivity contribution >= 4 is 17.7 Å². The third-order valence-corrected chi connectivity index (χ3v) is 2.50. The fraction of sp³-hybridized carbons (Fsp3) is 0.700. The van der Waals surface area contributed by atoms with Gasteiger partial charge in [0.2, 0.25) is 11.8 Å². The maximum atomic E-state index is 11.5. The molecule has 0 aromatic rings. The van der Waals surface area contributed by atoms with Crippen molar-refractivity contribution in [3.8, 4) is 0 Å². The Hall–Kier alpha value is -1.43. The molecule has 1 saturated heterocycles. The van der Waals surface area contributed by atoms with E-state index in [0.29, 0.717) is 13.0 Å². The van der Waals surface area contributed by atoms with Crippen LogP contribution in [0.15, 0.2) is 0 Å². The maximum Gasteiger partial charge on any atom is 0.252 e. The first-order valence-corrected chi connectivity index (χ1v) is 5.36. The minimum atomic E-state index is -0.674. The molecule has 0 aliphatic carbocycles. The van der Waals surface area contributed by atoms with Gasteiger partial charge in [0.05, 0.1) is 6.42 Å². The second kappa shape index (κ2) is 5.60. The smallest absolute Gasteiger partial charge is 0.252 e. The Labute approximate surface area is 94.4 Å². The Kier molecular flexibility index (Phi) is 4.42. The van der Waals surface area contributed by atoms with Crippen LogP contribution in [-0.2, 0) is 14.4 Å². The highest BCUT2D eigenvalue weighted by Crippen LogP contribution is 2.10. The molecule has 1 aliphatic rings. The van der Waals surface area contributed by atoms with Crippen molar-refractivity contribution in [2.75, 3.05) is 20.1 Å². The van der Waals surface area contributed by atoms with Crippen LogP contribution in [0.25, 0.3) is 0 Å². The minimum Gasteiger partial charge on any atom is -0.344 e. The van der Waals surface area contributed by atoms with Crippen molar-refractivity contribution < 1.29 is 14.4 Å². The van der Waals surface area contributed by atoms with E-state index >= 15 is 0 Å². The molecule has 3 amide bonds. The highest BCUT2D eigenvalue weighted by molar-refractivity contribution is 6.06. The van der Waals surface area contributed by atoms with Crippen LogP contribution in [0.1, 0.15) is 19.8 Å². The zero-order chi connectivity index (χ0) is 12.1. The van der Waals surface area contributed by atoms with E-state index in [1.165, 1.54) is 7.05 Å². The van der Waals surface area contributed by atoms with E-state index in [1.807, 2.05) is 6.92 Å². The maximum absolute atomic E-state index is 11.5. The van der Waals surface area contributed by atoms with Crippen molar-refractivity contribution in [3.63, 3.8) is 0 Å². The zero-order valence-corrected chi connectivity index (χ0v) is 9.58. The molecule has 6 heteroatoms. The van der Waals surface area contributed by atoms with Crippen LogP contribution in [0.4, 0.5) is 0 Å². The molecule has 1 heterocycles. The lowest BCUT2D eigenvalue weighted by atomic mass is 10.2. The summed E-state index contributed by atoms with van der Waals surface area (Å²) in [5, 5.41) is 5.57. The van der Waals surface area contributed by atoms with Crippen molar-refractivity contribution in [1.82, 2.24) is 15.5 Å². The molecule has 1 aliphatic heterocycles. The SMILES string of the molecule is CCNCCC(=O)NC1CC(=O)N(C)C1=O. The molecule has 1 rings (SSSR count). The van der Waals surface area contributed by atoms with Crippen LogP contribution in [-0.4, -0.2) is 48.8 Å². The van der Waals surface area contributed by atoms with Crippen LogP contribution in [0, 0.1) is 0 Å². The van der Waals surface area contributed by atoms with E-state index in [4.69, 9.17) is 0 Å². The molecule has 0 spiro atoms. The summed E-state index contributed by atoms with van der Waals surface area (Å²) in [5.41, 5.74) is 0. The summed E-state index contributed by atoms with van der Waals surface area (Å²) in [6.45, 7) is 3.33. The van der Waals surface area contributed by atoms with Crippen LogP contribution < -0.4 is 10.6 Å². The van der Waals surface area contributed by atoms with E-state index in [-0.39, 0.29) is 24.1 Å². The fourth-order valence-corrected chi connectivity index (χ4v) is 1.51. The quantitative estimate of drug-likeness (QED) is 0.459. The summed E-state index contributed by atoms with van der Waals surface area (Å²) in [6, 6.07) is -0.674. The largest absolute Gasteiger partial charge is 0.344 e. The molecule has 0 aromatic heterocycles. The number of rotatable bonds is 5. The fourth-order valence-electron chi connectivity index (χ4n) is 1.51. The summed E-state index contributed by atoms with van der Waals surface area (Å²) in [4.78, 5) is 35.1. The Morgan fingerprint density at radius 1 is 1.50 bits per heavy atom. The lowest BCUT2D eigenvalue weighted by Crippen LogP contribution is -2.41. The van der Waals surface area contributed by atoms with Gasteiger partial charge in [0.15, 0.2) is 0 Å². The van der Waals surface area contributed by atoms with E-state index in [9.17, 15) is 14.4 Å². The van der Waals surface area contributed by atoms with Gasteiger partial charge in [-0.1, -0.05) is 6.92 Å². The van der Waals surface area contributed by atoms with Crippen molar-refractivity contribution in [2.24, 2.45) is 0 Å². The number of likely N-dealkylation sites (N-methyl/N-ethyl adjacent to an activating group) is 1. The molecule has 90 valence electrons. The molecule has 0 radical (unpaired) electrons. The van der Waals surface area contributed by atoms with Crippen LogP contribution >= 0.6 is 0 Å². The van der Waals surface area contributed by atoms with E-state index in [1.54, 1.807) is 0 Å². The second-order valence-electron chi connectivity index (χ2n) is 3.72. The Balaban J connectivity index is 2.35. The molecule has 6 nitrogen and oxygen atoms in total. The van der Waals surface area contributed by atoms with Gasteiger partial charge in [0.25, 0.3) is 5.91 Å². The summed E-state index contributed by atoms with van der Waals surface area (Å²) in [5.74, 6) is -0.786. The van der Waals surface area contributed by atoms with Gasteiger partial charge in [-0.25, -0.2) is 0 Å². The number of carbonyl (C=O) groups is 3. The zero-order valence-electron chi connectivity index (χ0n) is 9.58. The standard InChI is InChI=1S/C10H17N3O3/c1-3-11-5-4-8(14)12-7-6-9(15)13(2)10(7)16/h7,11H,3-6H2,1-2H3,(H,12,14). The van der Waals surface area contributed by atoms with Gasteiger partial charge in [-0.05, 0) is 6.54 Å². The lowest BCUT2D eigenvalue weighted by molar-refractivity contribution is -0.138. The van der Waals surface area contributed by atoms with Gasteiger partial charge in [-0.15, -0.1) is 0 Å². The third-order valence-electron chi connectivity index (χ3n) is 2.50. The summed E-state index contributed by atoms with van der Waals surface area (Å²) < 4.78 is 0. The molecule has 1 unspecified atom stereocenters. The van der Waals surface area contributed by atoms with Gasteiger partial charge in [0, 0.05) is 20.0 Å². The first-order chi connectivity index (χ1) is 7.56. The average Bonchev–Trinajstić information content (AvgIpc) is 2.47. The number of imide groups is 1. The van der Waals surface area contributed by atoms with Gasteiger partial charge in [-0.2, -0.15) is 0 Å². The molecule has 2 N–H and O–H groups in total. The Bertz CT molecular complexity index is 304. The van der Waals surface area contributed by atoms with Crippen LogP contribution in [0.5, 0.6) is 0 Å². The van der Waals surface area contributed by atoms with Gasteiger partial charge in [0.1, 0.15) is 6.04 Å². The number of nitrogens with one attached hydrogen (secondary N) is 2. The number of amides is 3. The predicted molar refractivity (Wildman–Crippen MR) is 57.5 cm³/mol. The summed E-state index contributed by atoms with van der Waals surface area (Å²) in [6.07, 6.45) is 0.387. The molecule has 0 bridgehead atoms. The molecule has 16 heavy (non-hydrogen) atoms. The molecule has 0 saturated carbocycles. The van der Waals surface area contributed by atoms with Crippen molar-refractivity contribution in [2.45, 2.75) is 25.8 Å². The average molecular weight is 227 g/mol. The number of hydrogen-bond donors (Lipinski definition) is 2. The summed E-state index contributed by atoms with van der Waals surface area (Å²) in [7, 11) is 1.43. The first kappa shape index (κ1) is 12.6. The van der Waals surface area contributed by atoms with Gasteiger partial charge < -0.3 is 10.6 Å². The van der Waals surface area contributed by atoms with E-state index in [2.05, 4.69) is 10.6 Å². The van der Waals surface area contributed by atoms with Crippen LogP contribution in [0.3, 0.4) is 0 Å². The van der Waals surface area contributed by atoms with Crippen molar-refractivity contribution in [1.29, 1.82) is 0 Å². The number of hydrogen-bond acceptors (Lipinski definition) is 4. The minimum absolute atomic E-state index is 0.0717. The molecule has 1 fully saturated rings. The highest BCUT2D eigenvalue weighted by Gasteiger charge is 2.36. The Morgan fingerprint density at radius 3 is 2.69 bits per heavy atom. The van der Waals surface area contributed by atoms with Gasteiger partial charge >= 0.3 is 0 Å². The normalized spacial score (nSPS) is 20.4. The van der Waals surface area contributed by atoms with E-state index < -0.39 is 6.04 Å². The third kappa shape index (κ3) is 3.03. The first-order valence-electron chi connectivity index (χ1n) is 5.36. The number of likely N-dealkylation sites (tertiary alicyclic amines) is 1. The molecular formula is C10H17N3O3. The van der Waals surface area contributed by atoms with Crippen molar-refractivity contribution in [3.05, 3.63) is 0 Å². The second-order valence-corrected chi connectivity index (χ2v) is 3.72. The monoisotopic (exact) mass is 227 g/mol. The van der Waals surface area contributed by atoms with Gasteiger partial charge in [-0.3, -0.25) is 19.3 Å². The lowest BCUT2D eigenvalue weighted by Gasteiger charge is -2.10. The Morgan fingerprint density at radius 2 is 2.19 bits per heavy atom. The molecular weight excluding hydrogens is 210 g/mol. The highest BCUT2D eigenvalue weighted by atomic mass is 16.2. The topological polar surface area (TPSA) is 78.5 Å². The summed E-state index contributed by atoms with van der Waals surface area (Å²) >= 11 is 0. The molecule has 0 aromatic carbocycles. The number of nitrogens with zero attached hydrogens (tertiary/aromatic N) is 1. The van der Waals surface area contributed by atoms with E-state index in [0.717, 1.165) is 11.4 Å². The predicted octanol–water partition coefficient (Wildman–Crippen LogP) is -1.14. The molecule has 1 atom stereocenters. The number of carbonyl (C=O) groups excluding carboxylic acids is 3. The van der Waals surface area contributed by atoms with Crippen LogP contribution in [0.2, 0.25) is 0 Å².